The summed E-state index contributed by atoms with van der Waals surface area (Å²) in [6.07, 6.45) is 1.49. The monoisotopic (exact) mass is 344 g/mol. The Bertz CT molecular complexity index is 869. The molecule has 0 atom stereocenters. The summed E-state index contributed by atoms with van der Waals surface area (Å²) in [5.41, 5.74) is 2.40. The maximum absolute atomic E-state index is 12.2. The molecule has 3 rings (SSSR count). The maximum Gasteiger partial charge on any atom is 0.293 e. The number of rotatable bonds is 5. The molecule has 0 spiro atoms. The number of aromatic nitrogens is 1. The van der Waals surface area contributed by atoms with Crippen molar-refractivity contribution in [1.82, 2.24) is 4.98 Å². The summed E-state index contributed by atoms with van der Waals surface area (Å²) in [4.78, 5) is 16.6. The second-order valence-corrected chi connectivity index (χ2v) is 5.85. The van der Waals surface area contributed by atoms with Gasteiger partial charge in [-0.1, -0.05) is 0 Å². The van der Waals surface area contributed by atoms with E-state index < -0.39 is 0 Å². The lowest BCUT2D eigenvalue weighted by Gasteiger charge is -2.08. The number of furan rings is 1. The van der Waals surface area contributed by atoms with Crippen LogP contribution in [0.25, 0.3) is 11.3 Å². The highest BCUT2D eigenvalue weighted by Gasteiger charge is 2.15. The summed E-state index contributed by atoms with van der Waals surface area (Å²) < 4.78 is 15.7. The Labute approximate surface area is 143 Å². The van der Waals surface area contributed by atoms with Crippen LogP contribution >= 0.6 is 11.3 Å². The van der Waals surface area contributed by atoms with Gasteiger partial charge < -0.3 is 13.9 Å². The van der Waals surface area contributed by atoms with Gasteiger partial charge in [-0.2, -0.15) is 0 Å². The molecule has 0 saturated carbocycles. The first kappa shape index (κ1) is 16.1. The lowest BCUT2D eigenvalue weighted by molar-refractivity contribution is 0.0996. The van der Waals surface area contributed by atoms with Crippen LogP contribution in [0.1, 0.15) is 16.1 Å². The van der Waals surface area contributed by atoms with Crippen LogP contribution in [-0.2, 0) is 0 Å². The minimum Gasteiger partial charge on any atom is -0.493 e. The molecule has 1 amide bonds. The SMILES string of the molecule is COc1ccc(-c2csc(NC(=O)c3occc3C)n2)cc1OC. The third-order valence-electron chi connectivity index (χ3n) is 3.47. The van der Waals surface area contributed by atoms with Crippen molar-refractivity contribution in [3.8, 4) is 22.8 Å². The third-order valence-corrected chi connectivity index (χ3v) is 4.23. The van der Waals surface area contributed by atoms with E-state index in [1.807, 2.05) is 30.5 Å². The van der Waals surface area contributed by atoms with Crippen LogP contribution in [0.15, 0.2) is 40.3 Å². The molecule has 1 aromatic carbocycles. The van der Waals surface area contributed by atoms with Crippen molar-refractivity contribution >= 4 is 22.4 Å². The smallest absolute Gasteiger partial charge is 0.293 e. The van der Waals surface area contributed by atoms with E-state index in [4.69, 9.17) is 13.9 Å². The molecule has 24 heavy (non-hydrogen) atoms. The fourth-order valence-corrected chi connectivity index (χ4v) is 2.93. The molecule has 0 unspecified atom stereocenters. The molecule has 2 aromatic heterocycles. The molecule has 0 radical (unpaired) electrons. The lowest BCUT2D eigenvalue weighted by Crippen LogP contribution is -2.11. The summed E-state index contributed by atoms with van der Waals surface area (Å²) in [5.74, 6) is 1.25. The lowest BCUT2D eigenvalue weighted by atomic mass is 10.1. The number of benzene rings is 1. The first-order valence-corrected chi connectivity index (χ1v) is 8.03. The maximum atomic E-state index is 12.2. The van der Waals surface area contributed by atoms with Crippen LogP contribution in [0.5, 0.6) is 11.5 Å². The third kappa shape index (κ3) is 3.11. The van der Waals surface area contributed by atoms with Gasteiger partial charge in [0, 0.05) is 16.5 Å². The minimum atomic E-state index is -0.314. The van der Waals surface area contributed by atoms with Crippen LogP contribution in [0.4, 0.5) is 5.13 Å². The highest BCUT2D eigenvalue weighted by atomic mass is 32.1. The van der Waals surface area contributed by atoms with Crippen LogP contribution < -0.4 is 14.8 Å². The standard InChI is InChI=1S/C17H16N2O4S/c1-10-6-7-23-15(10)16(20)19-17-18-12(9-24-17)11-4-5-13(21-2)14(8-11)22-3/h4-9H,1-3H3,(H,18,19,20). The second kappa shape index (κ2) is 6.76. The zero-order chi connectivity index (χ0) is 17.1. The molecule has 3 aromatic rings. The number of amides is 1. The summed E-state index contributed by atoms with van der Waals surface area (Å²) >= 11 is 1.34. The molecule has 6 nitrogen and oxygen atoms in total. The first-order valence-electron chi connectivity index (χ1n) is 7.15. The van der Waals surface area contributed by atoms with Crippen molar-refractivity contribution in [3.63, 3.8) is 0 Å². The molecular formula is C17H16N2O4S. The Hall–Kier alpha value is -2.80. The van der Waals surface area contributed by atoms with Gasteiger partial charge in [0.1, 0.15) is 0 Å². The van der Waals surface area contributed by atoms with Gasteiger partial charge >= 0.3 is 0 Å². The number of thiazole rings is 1. The second-order valence-electron chi connectivity index (χ2n) is 4.99. The van der Waals surface area contributed by atoms with Gasteiger partial charge in [-0.15, -0.1) is 11.3 Å². The summed E-state index contributed by atoms with van der Waals surface area (Å²) in [7, 11) is 3.17. The fraction of sp³-hybridized carbons (Fsp3) is 0.176. The van der Waals surface area contributed by atoms with Gasteiger partial charge in [0.25, 0.3) is 5.91 Å². The van der Waals surface area contributed by atoms with Gasteiger partial charge in [-0.25, -0.2) is 4.98 Å². The van der Waals surface area contributed by atoms with E-state index in [0.717, 1.165) is 16.8 Å². The molecule has 0 saturated heterocycles. The number of hydrogen-bond acceptors (Lipinski definition) is 6. The van der Waals surface area contributed by atoms with Gasteiger partial charge in [-0.05, 0) is 31.2 Å². The number of nitrogens with one attached hydrogen (secondary N) is 1. The molecule has 0 aliphatic rings. The van der Waals surface area contributed by atoms with Gasteiger partial charge in [-0.3, -0.25) is 10.1 Å². The van der Waals surface area contributed by atoms with Crippen molar-refractivity contribution in [2.45, 2.75) is 6.92 Å². The Kier molecular flexibility index (Phi) is 4.52. The largest absolute Gasteiger partial charge is 0.493 e. The van der Waals surface area contributed by atoms with Crippen molar-refractivity contribution in [3.05, 3.63) is 47.2 Å². The van der Waals surface area contributed by atoms with Gasteiger partial charge in [0.15, 0.2) is 22.4 Å². The Balaban J connectivity index is 1.81. The number of aryl methyl sites for hydroxylation is 1. The molecular weight excluding hydrogens is 328 g/mol. The van der Waals surface area contributed by atoms with Crippen molar-refractivity contribution in [2.75, 3.05) is 19.5 Å². The molecule has 0 aliphatic heterocycles. The molecule has 0 bridgehead atoms. The van der Waals surface area contributed by atoms with Crippen molar-refractivity contribution in [1.29, 1.82) is 0 Å². The molecule has 0 aliphatic carbocycles. The van der Waals surface area contributed by atoms with E-state index in [-0.39, 0.29) is 11.7 Å². The van der Waals surface area contributed by atoms with E-state index in [1.54, 1.807) is 20.3 Å². The van der Waals surface area contributed by atoms with E-state index in [0.29, 0.717) is 16.6 Å². The average Bonchev–Trinajstić information content (AvgIpc) is 3.23. The Morgan fingerprint density at radius 2 is 2.00 bits per heavy atom. The molecule has 2 heterocycles. The highest BCUT2D eigenvalue weighted by Crippen LogP contribution is 2.33. The Morgan fingerprint density at radius 3 is 2.67 bits per heavy atom. The molecule has 7 heteroatoms. The number of nitrogens with zero attached hydrogens (tertiary/aromatic N) is 1. The van der Waals surface area contributed by atoms with Crippen LogP contribution in [0.3, 0.4) is 0 Å². The highest BCUT2D eigenvalue weighted by molar-refractivity contribution is 7.14. The van der Waals surface area contributed by atoms with Crippen molar-refractivity contribution < 1.29 is 18.7 Å². The normalized spacial score (nSPS) is 10.5. The quantitative estimate of drug-likeness (QED) is 0.758. The van der Waals surface area contributed by atoms with E-state index in [1.165, 1.54) is 17.6 Å². The topological polar surface area (TPSA) is 73.6 Å². The number of carbonyl (C=O) groups excluding carboxylic acids is 1. The average molecular weight is 344 g/mol. The number of ether oxygens (including phenoxy) is 2. The van der Waals surface area contributed by atoms with E-state index >= 15 is 0 Å². The molecule has 0 fully saturated rings. The molecule has 124 valence electrons. The van der Waals surface area contributed by atoms with E-state index in [2.05, 4.69) is 10.3 Å². The van der Waals surface area contributed by atoms with Crippen molar-refractivity contribution in [2.24, 2.45) is 0 Å². The predicted octanol–water partition coefficient (Wildman–Crippen LogP) is 3.98. The summed E-state index contributed by atoms with van der Waals surface area (Å²) in [6.45, 7) is 1.81. The van der Waals surface area contributed by atoms with Gasteiger partial charge in [0.2, 0.25) is 0 Å². The number of hydrogen-bond donors (Lipinski definition) is 1. The zero-order valence-electron chi connectivity index (χ0n) is 13.5. The first-order chi connectivity index (χ1) is 11.6. The van der Waals surface area contributed by atoms with Crippen LogP contribution in [0, 0.1) is 6.92 Å². The van der Waals surface area contributed by atoms with Crippen LogP contribution in [-0.4, -0.2) is 25.1 Å². The number of carbonyl (C=O) groups is 1. The number of methoxy groups -OCH3 is 2. The summed E-state index contributed by atoms with van der Waals surface area (Å²) in [5, 5.41) is 5.11. The van der Waals surface area contributed by atoms with Crippen LogP contribution in [0.2, 0.25) is 0 Å². The van der Waals surface area contributed by atoms with Gasteiger partial charge in [0.05, 0.1) is 26.2 Å². The molecule has 1 N–H and O–H groups in total. The number of anilines is 1. The van der Waals surface area contributed by atoms with E-state index in [9.17, 15) is 4.79 Å². The minimum absolute atomic E-state index is 0.290. The zero-order valence-corrected chi connectivity index (χ0v) is 14.3. The summed E-state index contributed by atoms with van der Waals surface area (Å²) in [6, 6.07) is 7.29. The Morgan fingerprint density at radius 1 is 1.21 bits per heavy atom. The predicted molar refractivity (Wildman–Crippen MR) is 92.1 cm³/mol. The fourth-order valence-electron chi connectivity index (χ4n) is 2.22.